The van der Waals surface area contributed by atoms with Crippen LogP contribution in [0.3, 0.4) is 0 Å². The van der Waals surface area contributed by atoms with Gasteiger partial charge in [-0.15, -0.1) is 0 Å². The van der Waals surface area contributed by atoms with E-state index >= 15 is 0 Å². The van der Waals surface area contributed by atoms with Gasteiger partial charge in [-0.1, -0.05) is 0 Å². The molecule has 0 fully saturated rings. The van der Waals surface area contributed by atoms with E-state index in [2.05, 4.69) is 16.0 Å². The lowest BCUT2D eigenvalue weighted by molar-refractivity contribution is 0.570. The Labute approximate surface area is 88.0 Å². The number of nitrogens with two attached hydrogens (primary N) is 1. The molecule has 14 heavy (non-hydrogen) atoms. The fraction of sp³-hybridized carbons (Fsp3) is 1.00. The van der Waals surface area contributed by atoms with Crippen molar-refractivity contribution >= 4 is 0 Å². The molecule has 4 nitrogen and oxygen atoms in total. The van der Waals surface area contributed by atoms with Crippen LogP contribution in [0.1, 0.15) is 19.3 Å². The standard InChI is InChI=1S/C10H26N4/c1-12-9-10-14-7-3-2-6-13-8-4-5-11/h12-14H,2-11H2,1H3. The summed E-state index contributed by atoms with van der Waals surface area (Å²) in [6.07, 6.45) is 3.58. The maximum Gasteiger partial charge on any atom is 0.00766 e. The molecule has 0 unspecified atom stereocenters. The highest BCUT2D eigenvalue weighted by Gasteiger charge is 1.89. The normalized spacial score (nSPS) is 10.7. The fourth-order valence-electron chi connectivity index (χ4n) is 1.19. The van der Waals surface area contributed by atoms with Gasteiger partial charge in [0.25, 0.3) is 0 Å². The molecule has 5 N–H and O–H groups in total. The summed E-state index contributed by atoms with van der Waals surface area (Å²) in [5.74, 6) is 0. The van der Waals surface area contributed by atoms with Gasteiger partial charge < -0.3 is 21.7 Å². The third-order valence-electron chi connectivity index (χ3n) is 2.07. The molecule has 0 saturated carbocycles. The number of hydrogen-bond acceptors (Lipinski definition) is 4. The number of likely N-dealkylation sites (N-methyl/N-ethyl adjacent to an activating group) is 1. The van der Waals surface area contributed by atoms with Crippen LogP contribution < -0.4 is 21.7 Å². The van der Waals surface area contributed by atoms with E-state index in [1.807, 2.05) is 7.05 Å². The van der Waals surface area contributed by atoms with Crippen LogP contribution in [-0.4, -0.2) is 46.3 Å². The Kier molecular flexibility index (Phi) is 12.7. The van der Waals surface area contributed by atoms with Crippen molar-refractivity contribution in [2.75, 3.05) is 46.3 Å². The van der Waals surface area contributed by atoms with Gasteiger partial charge in [0.15, 0.2) is 0 Å². The van der Waals surface area contributed by atoms with Crippen LogP contribution in [-0.2, 0) is 0 Å². The minimum atomic E-state index is 0.790. The van der Waals surface area contributed by atoms with Gasteiger partial charge in [0, 0.05) is 13.1 Å². The van der Waals surface area contributed by atoms with Crippen molar-refractivity contribution in [1.29, 1.82) is 0 Å². The monoisotopic (exact) mass is 202 g/mol. The molecule has 0 amide bonds. The highest BCUT2D eigenvalue weighted by atomic mass is 14.9. The Bertz CT molecular complexity index is 86.1. The van der Waals surface area contributed by atoms with Crippen LogP contribution in [0.4, 0.5) is 0 Å². The average Bonchev–Trinajstić information content (AvgIpc) is 2.21. The molecule has 0 aliphatic rings. The van der Waals surface area contributed by atoms with Crippen molar-refractivity contribution < 1.29 is 0 Å². The first kappa shape index (κ1) is 13.8. The van der Waals surface area contributed by atoms with Crippen molar-refractivity contribution in [2.24, 2.45) is 5.73 Å². The Hall–Kier alpha value is -0.160. The van der Waals surface area contributed by atoms with Crippen molar-refractivity contribution in [3.05, 3.63) is 0 Å². The van der Waals surface area contributed by atoms with E-state index in [0.717, 1.165) is 45.7 Å². The molecular weight excluding hydrogens is 176 g/mol. The second-order valence-corrected chi connectivity index (χ2v) is 3.45. The molecule has 0 aliphatic carbocycles. The lowest BCUT2D eigenvalue weighted by Gasteiger charge is -2.05. The van der Waals surface area contributed by atoms with Crippen molar-refractivity contribution in [2.45, 2.75) is 19.3 Å². The molecule has 0 aromatic rings. The van der Waals surface area contributed by atoms with E-state index in [-0.39, 0.29) is 0 Å². The summed E-state index contributed by atoms with van der Waals surface area (Å²) in [4.78, 5) is 0. The Morgan fingerprint density at radius 1 is 0.786 bits per heavy atom. The van der Waals surface area contributed by atoms with E-state index < -0.39 is 0 Å². The van der Waals surface area contributed by atoms with Gasteiger partial charge in [-0.3, -0.25) is 0 Å². The van der Waals surface area contributed by atoms with Gasteiger partial charge in [0.1, 0.15) is 0 Å². The van der Waals surface area contributed by atoms with Gasteiger partial charge in [0.2, 0.25) is 0 Å². The summed E-state index contributed by atoms with van der Waals surface area (Å²) >= 11 is 0. The molecular formula is C10H26N4. The zero-order chi connectivity index (χ0) is 10.5. The van der Waals surface area contributed by atoms with Crippen LogP contribution in [0, 0.1) is 0 Å². The lowest BCUT2D eigenvalue weighted by Crippen LogP contribution is -2.26. The predicted molar refractivity (Wildman–Crippen MR) is 62.6 cm³/mol. The minimum absolute atomic E-state index is 0.790. The zero-order valence-corrected chi connectivity index (χ0v) is 9.44. The molecule has 0 aromatic carbocycles. The molecule has 4 heteroatoms. The molecule has 0 spiro atoms. The van der Waals surface area contributed by atoms with Gasteiger partial charge >= 0.3 is 0 Å². The number of rotatable bonds is 11. The maximum absolute atomic E-state index is 5.38. The molecule has 0 radical (unpaired) electrons. The van der Waals surface area contributed by atoms with Crippen LogP contribution >= 0.6 is 0 Å². The first-order valence-corrected chi connectivity index (χ1v) is 5.68. The smallest absolute Gasteiger partial charge is 0.00766 e. The molecule has 0 heterocycles. The Morgan fingerprint density at radius 3 is 1.93 bits per heavy atom. The second-order valence-electron chi connectivity index (χ2n) is 3.45. The lowest BCUT2D eigenvalue weighted by atomic mass is 10.3. The molecule has 0 bridgehead atoms. The van der Waals surface area contributed by atoms with E-state index in [4.69, 9.17) is 5.73 Å². The summed E-state index contributed by atoms with van der Waals surface area (Å²) < 4.78 is 0. The van der Waals surface area contributed by atoms with Crippen molar-refractivity contribution in [3.8, 4) is 0 Å². The molecule has 0 aliphatic heterocycles. The Morgan fingerprint density at radius 2 is 1.36 bits per heavy atom. The molecule has 0 aromatic heterocycles. The zero-order valence-electron chi connectivity index (χ0n) is 9.44. The number of hydrogen-bond donors (Lipinski definition) is 4. The van der Waals surface area contributed by atoms with Crippen LogP contribution in [0.5, 0.6) is 0 Å². The molecule has 0 atom stereocenters. The first-order chi connectivity index (χ1) is 6.91. The van der Waals surface area contributed by atoms with Crippen LogP contribution in [0.25, 0.3) is 0 Å². The van der Waals surface area contributed by atoms with Crippen molar-refractivity contribution in [1.82, 2.24) is 16.0 Å². The first-order valence-electron chi connectivity index (χ1n) is 5.68. The maximum atomic E-state index is 5.38. The van der Waals surface area contributed by atoms with E-state index in [1.54, 1.807) is 0 Å². The van der Waals surface area contributed by atoms with Crippen LogP contribution in [0.2, 0.25) is 0 Å². The van der Waals surface area contributed by atoms with Gasteiger partial charge in [-0.2, -0.15) is 0 Å². The van der Waals surface area contributed by atoms with E-state index in [1.165, 1.54) is 12.8 Å². The number of nitrogens with one attached hydrogen (secondary N) is 3. The second kappa shape index (κ2) is 12.8. The van der Waals surface area contributed by atoms with E-state index in [9.17, 15) is 0 Å². The summed E-state index contributed by atoms with van der Waals surface area (Å²) in [5, 5.41) is 9.85. The predicted octanol–water partition coefficient (Wildman–Crippen LogP) is -0.486. The third kappa shape index (κ3) is 11.8. The van der Waals surface area contributed by atoms with Gasteiger partial charge in [-0.05, 0) is 52.5 Å². The average molecular weight is 202 g/mol. The molecule has 0 saturated heterocycles. The van der Waals surface area contributed by atoms with Gasteiger partial charge in [-0.25, -0.2) is 0 Å². The molecule has 0 rings (SSSR count). The quantitative estimate of drug-likeness (QED) is 0.342. The molecule has 86 valence electrons. The topological polar surface area (TPSA) is 62.1 Å². The highest BCUT2D eigenvalue weighted by Crippen LogP contribution is 1.84. The summed E-state index contributed by atoms with van der Waals surface area (Å²) in [7, 11) is 1.98. The van der Waals surface area contributed by atoms with Gasteiger partial charge in [0.05, 0.1) is 0 Å². The third-order valence-corrected chi connectivity index (χ3v) is 2.07. The summed E-state index contributed by atoms with van der Waals surface area (Å²) in [5.41, 5.74) is 5.38. The summed E-state index contributed by atoms with van der Waals surface area (Å²) in [6, 6.07) is 0. The van der Waals surface area contributed by atoms with Crippen molar-refractivity contribution in [3.63, 3.8) is 0 Å². The minimum Gasteiger partial charge on any atom is -0.330 e. The Balaban J connectivity index is 2.78. The SMILES string of the molecule is CNCCNCCCCNCCCN. The fourth-order valence-corrected chi connectivity index (χ4v) is 1.19. The number of unbranched alkanes of at least 4 members (excludes halogenated alkanes) is 1. The van der Waals surface area contributed by atoms with E-state index in [0.29, 0.717) is 0 Å². The highest BCUT2D eigenvalue weighted by molar-refractivity contribution is 4.53. The van der Waals surface area contributed by atoms with Crippen LogP contribution in [0.15, 0.2) is 0 Å². The largest absolute Gasteiger partial charge is 0.330 e. The summed E-state index contributed by atoms with van der Waals surface area (Å²) in [6.45, 7) is 6.21.